The van der Waals surface area contributed by atoms with Crippen molar-refractivity contribution >= 4 is 5.78 Å². The Labute approximate surface area is 122 Å². The zero-order valence-electron chi connectivity index (χ0n) is 13.0. The van der Waals surface area contributed by atoms with Crippen molar-refractivity contribution in [2.24, 2.45) is 5.41 Å². The number of rotatable bonds is 5. The van der Waals surface area contributed by atoms with E-state index in [1.807, 2.05) is 32.9 Å². The van der Waals surface area contributed by atoms with Gasteiger partial charge in [0.25, 0.3) is 0 Å². The lowest BCUT2D eigenvalue weighted by Gasteiger charge is -2.26. The van der Waals surface area contributed by atoms with Crippen LogP contribution in [0.3, 0.4) is 0 Å². The summed E-state index contributed by atoms with van der Waals surface area (Å²) >= 11 is 0. The van der Waals surface area contributed by atoms with Crippen molar-refractivity contribution < 1.29 is 4.79 Å². The monoisotopic (exact) mass is 272 g/mol. The average Bonchev–Trinajstić information content (AvgIpc) is 2.38. The molecule has 1 aromatic rings. The number of nitrogens with one attached hydrogen (secondary N) is 1. The minimum Gasteiger partial charge on any atom is -0.313 e. The van der Waals surface area contributed by atoms with Gasteiger partial charge in [-0.05, 0) is 17.7 Å². The summed E-state index contributed by atoms with van der Waals surface area (Å²) in [6.07, 6.45) is 0. The number of nitrogens with zero attached hydrogens (tertiary/aromatic N) is 1. The molecule has 0 aliphatic carbocycles. The number of ketones is 1. The molecule has 1 rings (SSSR count). The molecule has 0 radical (unpaired) electrons. The molecule has 0 saturated carbocycles. The quantitative estimate of drug-likeness (QED) is 0.895. The third kappa shape index (κ3) is 4.47. The maximum Gasteiger partial charge on any atom is 0.146 e. The van der Waals surface area contributed by atoms with Gasteiger partial charge in [0.2, 0.25) is 0 Å². The maximum atomic E-state index is 12.6. The van der Waals surface area contributed by atoms with E-state index in [1.165, 1.54) is 0 Å². The van der Waals surface area contributed by atoms with Gasteiger partial charge in [0.15, 0.2) is 0 Å². The van der Waals surface area contributed by atoms with Crippen LogP contribution in [0, 0.1) is 16.7 Å². The fourth-order valence-corrected chi connectivity index (χ4v) is 2.03. The molecular formula is C17H24N2O. The first-order chi connectivity index (χ1) is 9.25. The van der Waals surface area contributed by atoms with E-state index >= 15 is 0 Å². The number of Topliss-reactive ketones (excluding diaryl/α,β-unsaturated/α-hetero) is 1. The maximum absolute atomic E-state index is 12.6. The fourth-order valence-electron chi connectivity index (χ4n) is 2.03. The number of hydrogen-bond donors (Lipinski definition) is 1. The standard InChI is InChI=1S/C17H24N2O/c1-12(2)19-11-15(16(20)17(3,4)5)14-8-6-13(10-18)7-9-14/h6-9,12,15,19H,11H2,1-5H3. The van der Waals surface area contributed by atoms with Gasteiger partial charge in [-0.3, -0.25) is 4.79 Å². The van der Waals surface area contributed by atoms with Gasteiger partial charge in [0, 0.05) is 18.0 Å². The molecule has 1 unspecified atom stereocenters. The first-order valence-electron chi connectivity index (χ1n) is 7.03. The molecule has 0 heterocycles. The molecule has 108 valence electrons. The molecule has 0 aliphatic rings. The average molecular weight is 272 g/mol. The van der Waals surface area contributed by atoms with E-state index in [0.29, 0.717) is 18.2 Å². The number of nitriles is 1. The van der Waals surface area contributed by atoms with E-state index in [1.54, 1.807) is 12.1 Å². The lowest BCUT2D eigenvalue weighted by molar-refractivity contribution is -0.127. The van der Waals surface area contributed by atoms with Crippen LogP contribution in [0.5, 0.6) is 0 Å². The van der Waals surface area contributed by atoms with Gasteiger partial charge in [-0.1, -0.05) is 46.8 Å². The highest BCUT2D eigenvalue weighted by molar-refractivity contribution is 5.90. The summed E-state index contributed by atoms with van der Waals surface area (Å²) in [5.74, 6) is 0.0421. The highest BCUT2D eigenvalue weighted by atomic mass is 16.1. The third-order valence-electron chi connectivity index (χ3n) is 3.23. The van der Waals surface area contributed by atoms with Gasteiger partial charge in [-0.15, -0.1) is 0 Å². The zero-order valence-corrected chi connectivity index (χ0v) is 13.0. The van der Waals surface area contributed by atoms with E-state index in [0.717, 1.165) is 5.56 Å². The van der Waals surface area contributed by atoms with Crippen LogP contribution >= 0.6 is 0 Å². The summed E-state index contributed by atoms with van der Waals surface area (Å²) in [7, 11) is 0. The van der Waals surface area contributed by atoms with Gasteiger partial charge >= 0.3 is 0 Å². The molecule has 0 bridgehead atoms. The summed E-state index contributed by atoms with van der Waals surface area (Å²) in [6.45, 7) is 10.6. The van der Waals surface area contributed by atoms with E-state index in [4.69, 9.17) is 5.26 Å². The second-order valence-electron chi connectivity index (χ2n) is 6.46. The van der Waals surface area contributed by atoms with Crippen LogP contribution in [0.4, 0.5) is 0 Å². The Morgan fingerprint density at radius 3 is 2.20 bits per heavy atom. The van der Waals surface area contributed by atoms with Crippen molar-refractivity contribution in [3.63, 3.8) is 0 Å². The molecule has 0 saturated heterocycles. The predicted octanol–water partition coefficient (Wildman–Crippen LogP) is 3.26. The van der Waals surface area contributed by atoms with Crippen LogP contribution in [0.25, 0.3) is 0 Å². The van der Waals surface area contributed by atoms with Gasteiger partial charge in [-0.25, -0.2) is 0 Å². The number of benzene rings is 1. The Bertz CT molecular complexity index is 489. The second-order valence-corrected chi connectivity index (χ2v) is 6.46. The summed E-state index contributed by atoms with van der Waals surface area (Å²) in [5, 5.41) is 12.2. The van der Waals surface area contributed by atoms with Gasteiger partial charge in [0.05, 0.1) is 17.6 Å². The van der Waals surface area contributed by atoms with Crippen LogP contribution in [-0.2, 0) is 4.79 Å². The summed E-state index contributed by atoms with van der Waals surface area (Å²) in [6, 6.07) is 9.75. The molecule has 0 aliphatic heterocycles. The number of hydrogen-bond acceptors (Lipinski definition) is 3. The molecular weight excluding hydrogens is 248 g/mol. The second kappa shape index (κ2) is 6.67. The highest BCUT2D eigenvalue weighted by Crippen LogP contribution is 2.27. The molecule has 1 aromatic carbocycles. The molecule has 1 N–H and O–H groups in total. The Morgan fingerprint density at radius 2 is 1.80 bits per heavy atom. The van der Waals surface area contributed by atoms with Crippen molar-refractivity contribution in [2.75, 3.05) is 6.54 Å². The first kappa shape index (κ1) is 16.4. The largest absolute Gasteiger partial charge is 0.313 e. The van der Waals surface area contributed by atoms with Crippen LogP contribution < -0.4 is 5.32 Å². The van der Waals surface area contributed by atoms with Gasteiger partial charge < -0.3 is 5.32 Å². The van der Waals surface area contributed by atoms with E-state index in [9.17, 15) is 4.79 Å². The van der Waals surface area contributed by atoms with Crippen molar-refractivity contribution in [1.29, 1.82) is 5.26 Å². The van der Waals surface area contributed by atoms with E-state index in [2.05, 4.69) is 25.2 Å². The van der Waals surface area contributed by atoms with Crippen molar-refractivity contribution in [3.05, 3.63) is 35.4 Å². The third-order valence-corrected chi connectivity index (χ3v) is 3.23. The fraction of sp³-hybridized carbons (Fsp3) is 0.529. The van der Waals surface area contributed by atoms with Gasteiger partial charge in [-0.2, -0.15) is 5.26 Å². The molecule has 20 heavy (non-hydrogen) atoms. The molecule has 1 atom stereocenters. The Morgan fingerprint density at radius 1 is 1.25 bits per heavy atom. The lowest BCUT2D eigenvalue weighted by Crippen LogP contribution is -2.36. The Hall–Kier alpha value is -1.66. The number of carbonyl (C=O) groups excluding carboxylic acids is 1. The van der Waals surface area contributed by atoms with Crippen LogP contribution in [0.15, 0.2) is 24.3 Å². The molecule has 0 spiro atoms. The topological polar surface area (TPSA) is 52.9 Å². The number of carbonyl (C=O) groups is 1. The van der Waals surface area contributed by atoms with Crippen LogP contribution in [-0.4, -0.2) is 18.4 Å². The minimum absolute atomic E-state index is 0.176. The molecule has 0 fully saturated rings. The van der Waals surface area contributed by atoms with Crippen molar-refractivity contribution in [3.8, 4) is 6.07 Å². The summed E-state index contributed by atoms with van der Waals surface area (Å²) < 4.78 is 0. The van der Waals surface area contributed by atoms with E-state index in [-0.39, 0.29) is 17.1 Å². The normalized spacial score (nSPS) is 13.1. The predicted molar refractivity (Wildman–Crippen MR) is 81.5 cm³/mol. The van der Waals surface area contributed by atoms with Crippen molar-refractivity contribution in [2.45, 2.75) is 46.6 Å². The Balaban J connectivity index is 3.03. The smallest absolute Gasteiger partial charge is 0.146 e. The lowest BCUT2D eigenvalue weighted by atomic mass is 9.79. The van der Waals surface area contributed by atoms with Crippen molar-refractivity contribution in [1.82, 2.24) is 5.32 Å². The molecule has 3 heteroatoms. The van der Waals surface area contributed by atoms with Crippen LogP contribution in [0.1, 0.15) is 51.7 Å². The first-order valence-corrected chi connectivity index (χ1v) is 7.03. The summed E-state index contributed by atoms with van der Waals surface area (Å²) in [4.78, 5) is 12.6. The Kier molecular flexibility index (Phi) is 5.47. The highest BCUT2D eigenvalue weighted by Gasteiger charge is 2.30. The van der Waals surface area contributed by atoms with Gasteiger partial charge in [0.1, 0.15) is 5.78 Å². The van der Waals surface area contributed by atoms with Crippen LogP contribution in [0.2, 0.25) is 0 Å². The van der Waals surface area contributed by atoms with E-state index < -0.39 is 0 Å². The summed E-state index contributed by atoms with van der Waals surface area (Å²) in [5.41, 5.74) is 1.21. The molecule has 0 aromatic heterocycles. The minimum atomic E-state index is -0.378. The SMILES string of the molecule is CC(C)NCC(C(=O)C(C)(C)C)c1ccc(C#N)cc1. The zero-order chi connectivity index (χ0) is 15.3. The molecule has 3 nitrogen and oxygen atoms in total. The molecule has 0 amide bonds.